The first-order valence-electron chi connectivity index (χ1n) is 7.11. The summed E-state index contributed by atoms with van der Waals surface area (Å²) in [5, 5.41) is 7.03. The van der Waals surface area contributed by atoms with Gasteiger partial charge in [-0.05, 0) is 45.7 Å². The van der Waals surface area contributed by atoms with Crippen molar-refractivity contribution in [1.82, 2.24) is 5.16 Å². The first kappa shape index (κ1) is 18.5. The molecule has 3 N–H and O–H groups in total. The van der Waals surface area contributed by atoms with E-state index in [2.05, 4.69) is 22.4 Å². The fourth-order valence-electron chi connectivity index (χ4n) is 2.14. The highest BCUT2D eigenvalue weighted by molar-refractivity contribution is 14.0. The quantitative estimate of drug-likeness (QED) is 0.340. The van der Waals surface area contributed by atoms with Crippen LogP contribution in [0.2, 0.25) is 0 Å². The summed E-state index contributed by atoms with van der Waals surface area (Å²) in [5.41, 5.74) is 10.2. The molecule has 1 aromatic carbocycles. The number of aliphatic imine (C=N–C) groups is 1. The van der Waals surface area contributed by atoms with Gasteiger partial charge >= 0.3 is 0 Å². The molecule has 1 aromatic heterocycles. The molecule has 0 aliphatic carbocycles. The van der Waals surface area contributed by atoms with Crippen LogP contribution < -0.4 is 11.1 Å². The summed E-state index contributed by atoms with van der Waals surface area (Å²) in [4.78, 5) is 4.33. The van der Waals surface area contributed by atoms with Gasteiger partial charge in [-0.25, -0.2) is 0 Å². The minimum atomic E-state index is 0. The van der Waals surface area contributed by atoms with Crippen molar-refractivity contribution in [2.75, 3.05) is 11.9 Å². The van der Waals surface area contributed by atoms with E-state index in [4.69, 9.17) is 10.3 Å². The number of aryl methyl sites for hydroxylation is 3. The van der Waals surface area contributed by atoms with Gasteiger partial charge in [-0.15, -0.1) is 24.0 Å². The summed E-state index contributed by atoms with van der Waals surface area (Å²) in [6, 6.07) is 8.04. The molecular formula is C16H23IN4O. The molecule has 0 spiro atoms. The number of guanidine groups is 1. The van der Waals surface area contributed by atoms with Crippen LogP contribution in [-0.2, 0) is 6.42 Å². The normalized spacial score (nSPS) is 11.1. The molecular weight excluding hydrogens is 391 g/mol. The predicted octanol–water partition coefficient (Wildman–Crippen LogP) is 3.58. The van der Waals surface area contributed by atoms with Crippen LogP contribution in [0.15, 0.2) is 33.8 Å². The Morgan fingerprint density at radius 3 is 2.50 bits per heavy atom. The molecule has 22 heavy (non-hydrogen) atoms. The van der Waals surface area contributed by atoms with E-state index in [0.29, 0.717) is 12.5 Å². The summed E-state index contributed by atoms with van der Waals surface area (Å²) in [6.45, 7) is 6.62. The molecule has 0 aliphatic rings. The van der Waals surface area contributed by atoms with Gasteiger partial charge in [0, 0.05) is 17.8 Å². The number of nitrogens with two attached hydrogens (primary N) is 1. The number of nitrogens with zero attached hydrogens (tertiary/aromatic N) is 2. The summed E-state index contributed by atoms with van der Waals surface area (Å²) in [5.74, 6) is 1.33. The van der Waals surface area contributed by atoms with Crippen LogP contribution in [0, 0.1) is 20.8 Å². The second-order valence-corrected chi connectivity index (χ2v) is 5.16. The van der Waals surface area contributed by atoms with Crippen LogP contribution in [0.4, 0.5) is 5.69 Å². The van der Waals surface area contributed by atoms with Crippen molar-refractivity contribution in [2.24, 2.45) is 10.7 Å². The van der Waals surface area contributed by atoms with E-state index >= 15 is 0 Å². The molecule has 2 rings (SSSR count). The summed E-state index contributed by atoms with van der Waals surface area (Å²) in [6.07, 6.45) is 1.82. The molecule has 0 saturated heterocycles. The van der Waals surface area contributed by atoms with Crippen LogP contribution in [0.3, 0.4) is 0 Å². The maximum Gasteiger partial charge on any atom is 0.193 e. The number of benzene rings is 1. The van der Waals surface area contributed by atoms with Gasteiger partial charge < -0.3 is 15.6 Å². The Morgan fingerprint density at radius 1 is 1.23 bits per heavy atom. The van der Waals surface area contributed by atoms with Gasteiger partial charge in [-0.1, -0.05) is 22.9 Å². The van der Waals surface area contributed by atoms with Crippen molar-refractivity contribution in [1.29, 1.82) is 0 Å². The van der Waals surface area contributed by atoms with E-state index < -0.39 is 0 Å². The number of halogens is 1. The average Bonchev–Trinajstić information content (AvgIpc) is 2.77. The Labute approximate surface area is 148 Å². The molecule has 0 bridgehead atoms. The fraction of sp³-hybridized carbons (Fsp3) is 0.375. The van der Waals surface area contributed by atoms with Gasteiger partial charge in [0.05, 0.1) is 5.69 Å². The molecule has 0 unspecified atom stereocenters. The number of hydrogen-bond donors (Lipinski definition) is 2. The van der Waals surface area contributed by atoms with Crippen LogP contribution in [0.5, 0.6) is 0 Å². The van der Waals surface area contributed by atoms with Gasteiger partial charge in [-0.2, -0.15) is 0 Å². The molecule has 0 atom stereocenters. The van der Waals surface area contributed by atoms with Crippen LogP contribution in [-0.4, -0.2) is 17.7 Å². The molecule has 0 saturated carbocycles. The maximum atomic E-state index is 5.87. The Hall–Kier alpha value is -1.57. The molecule has 1 heterocycles. The van der Waals surface area contributed by atoms with Gasteiger partial charge in [0.15, 0.2) is 5.96 Å². The minimum Gasteiger partial charge on any atom is -0.370 e. The highest BCUT2D eigenvalue weighted by Crippen LogP contribution is 2.14. The highest BCUT2D eigenvalue weighted by atomic mass is 127. The summed E-state index contributed by atoms with van der Waals surface area (Å²) in [7, 11) is 0. The zero-order valence-corrected chi connectivity index (χ0v) is 15.5. The van der Waals surface area contributed by atoms with Crippen LogP contribution >= 0.6 is 24.0 Å². The van der Waals surface area contributed by atoms with Crippen LogP contribution in [0.1, 0.15) is 29.0 Å². The molecule has 120 valence electrons. The Morgan fingerprint density at radius 2 is 1.91 bits per heavy atom. The molecule has 0 radical (unpaired) electrons. The van der Waals surface area contributed by atoms with Crippen molar-refractivity contribution in [3.05, 3.63) is 46.8 Å². The van der Waals surface area contributed by atoms with Crippen molar-refractivity contribution < 1.29 is 4.52 Å². The van der Waals surface area contributed by atoms with Crippen molar-refractivity contribution in [3.63, 3.8) is 0 Å². The SMILES string of the molecule is Cc1ccc(NC(N)=NCCCc2c(C)noc2C)cc1.I. The lowest BCUT2D eigenvalue weighted by Crippen LogP contribution is -2.22. The minimum absolute atomic E-state index is 0. The third kappa shape index (κ3) is 5.32. The standard InChI is InChI=1S/C16H22N4O.HI/c1-11-6-8-14(9-7-11)19-16(17)18-10-4-5-15-12(2)20-21-13(15)3;/h6-9H,4-5,10H2,1-3H3,(H3,17,18,19);1H. The van der Waals surface area contributed by atoms with E-state index in [9.17, 15) is 0 Å². The Balaban J connectivity index is 0.00000242. The lowest BCUT2D eigenvalue weighted by molar-refractivity contribution is 0.392. The number of anilines is 1. The van der Waals surface area contributed by atoms with Crippen molar-refractivity contribution in [2.45, 2.75) is 33.6 Å². The van der Waals surface area contributed by atoms with Gasteiger partial charge in [0.1, 0.15) is 5.76 Å². The summed E-state index contributed by atoms with van der Waals surface area (Å²) < 4.78 is 5.14. The maximum absolute atomic E-state index is 5.87. The van der Waals surface area contributed by atoms with E-state index in [1.54, 1.807) is 0 Å². The Kier molecular flexibility index (Phi) is 7.37. The van der Waals surface area contributed by atoms with E-state index in [1.165, 1.54) is 11.1 Å². The van der Waals surface area contributed by atoms with Gasteiger partial charge in [0.2, 0.25) is 0 Å². The molecule has 2 aromatic rings. The second kappa shape index (κ2) is 8.77. The molecule has 0 amide bonds. The highest BCUT2D eigenvalue weighted by Gasteiger charge is 2.07. The molecule has 5 nitrogen and oxygen atoms in total. The largest absolute Gasteiger partial charge is 0.370 e. The topological polar surface area (TPSA) is 76.4 Å². The molecule has 6 heteroatoms. The number of nitrogens with one attached hydrogen (secondary N) is 1. The monoisotopic (exact) mass is 414 g/mol. The first-order chi connectivity index (χ1) is 10.1. The van der Waals surface area contributed by atoms with E-state index in [-0.39, 0.29) is 24.0 Å². The third-order valence-electron chi connectivity index (χ3n) is 3.37. The Bertz CT molecular complexity index is 600. The lowest BCUT2D eigenvalue weighted by Gasteiger charge is -2.06. The van der Waals surface area contributed by atoms with Gasteiger partial charge in [-0.3, -0.25) is 4.99 Å². The zero-order valence-electron chi connectivity index (χ0n) is 13.2. The van der Waals surface area contributed by atoms with Gasteiger partial charge in [0.25, 0.3) is 0 Å². The second-order valence-electron chi connectivity index (χ2n) is 5.16. The molecule has 0 fully saturated rings. The average molecular weight is 414 g/mol. The van der Waals surface area contributed by atoms with Crippen molar-refractivity contribution in [3.8, 4) is 0 Å². The predicted molar refractivity (Wildman–Crippen MR) is 101 cm³/mol. The number of aromatic nitrogens is 1. The van der Waals surface area contributed by atoms with Crippen LogP contribution in [0.25, 0.3) is 0 Å². The van der Waals surface area contributed by atoms with E-state index in [0.717, 1.165) is 30.0 Å². The van der Waals surface area contributed by atoms with E-state index in [1.807, 2.05) is 38.1 Å². The number of rotatable bonds is 5. The first-order valence-corrected chi connectivity index (χ1v) is 7.11. The summed E-state index contributed by atoms with van der Waals surface area (Å²) >= 11 is 0. The fourth-order valence-corrected chi connectivity index (χ4v) is 2.14. The smallest absolute Gasteiger partial charge is 0.193 e. The molecule has 0 aliphatic heterocycles. The zero-order chi connectivity index (χ0) is 15.2. The third-order valence-corrected chi connectivity index (χ3v) is 3.37. The number of hydrogen-bond acceptors (Lipinski definition) is 3. The lowest BCUT2D eigenvalue weighted by atomic mass is 10.1. The van der Waals surface area contributed by atoms with Crippen molar-refractivity contribution >= 4 is 35.6 Å².